The molecular weight excluding hydrogens is 294 g/mol. The fourth-order valence-corrected chi connectivity index (χ4v) is 2.41. The van der Waals surface area contributed by atoms with Gasteiger partial charge in [-0.2, -0.15) is 0 Å². The smallest absolute Gasteiger partial charge is 0.258 e. The van der Waals surface area contributed by atoms with Crippen LogP contribution in [-0.2, 0) is 9.53 Å². The molecule has 1 amide bonds. The van der Waals surface area contributed by atoms with Crippen molar-refractivity contribution in [3.8, 4) is 11.5 Å². The fourth-order valence-electron chi connectivity index (χ4n) is 2.41. The van der Waals surface area contributed by atoms with Gasteiger partial charge in [-0.05, 0) is 43.5 Å². The Hall–Kier alpha value is -1.75. The van der Waals surface area contributed by atoms with Gasteiger partial charge in [0, 0.05) is 13.2 Å². The summed E-state index contributed by atoms with van der Waals surface area (Å²) < 4.78 is 16.6. The van der Waals surface area contributed by atoms with E-state index in [1.54, 1.807) is 0 Å². The van der Waals surface area contributed by atoms with Crippen LogP contribution in [0.4, 0.5) is 0 Å². The lowest BCUT2D eigenvalue weighted by Crippen LogP contribution is -2.35. The average molecular weight is 321 g/mol. The normalized spacial score (nSPS) is 17.0. The minimum atomic E-state index is -0.125. The Morgan fingerprint density at radius 2 is 1.96 bits per heavy atom. The van der Waals surface area contributed by atoms with Crippen LogP contribution in [0.5, 0.6) is 11.5 Å². The van der Waals surface area contributed by atoms with Crippen molar-refractivity contribution in [1.82, 2.24) is 5.32 Å². The number of amides is 1. The summed E-state index contributed by atoms with van der Waals surface area (Å²) in [6, 6.07) is 7.38. The van der Waals surface area contributed by atoms with E-state index in [1.165, 1.54) is 12.8 Å². The van der Waals surface area contributed by atoms with Crippen molar-refractivity contribution in [2.75, 3.05) is 26.4 Å². The Kier molecular flexibility index (Phi) is 7.73. The van der Waals surface area contributed by atoms with Crippen molar-refractivity contribution in [3.05, 3.63) is 24.3 Å². The van der Waals surface area contributed by atoms with Gasteiger partial charge in [0.1, 0.15) is 11.5 Å². The molecule has 0 aliphatic carbocycles. The Morgan fingerprint density at radius 1 is 1.22 bits per heavy atom. The van der Waals surface area contributed by atoms with E-state index < -0.39 is 0 Å². The molecule has 1 atom stereocenters. The molecule has 1 unspecified atom stereocenters. The van der Waals surface area contributed by atoms with E-state index in [9.17, 15) is 4.79 Å². The molecular formula is C18H27NO4. The van der Waals surface area contributed by atoms with Crippen molar-refractivity contribution < 1.29 is 19.0 Å². The lowest BCUT2D eigenvalue weighted by Gasteiger charge is -2.11. The van der Waals surface area contributed by atoms with Gasteiger partial charge in [0.15, 0.2) is 6.61 Å². The minimum Gasteiger partial charge on any atom is -0.494 e. The summed E-state index contributed by atoms with van der Waals surface area (Å²) in [6.07, 6.45) is 5.68. The van der Waals surface area contributed by atoms with E-state index in [2.05, 4.69) is 12.2 Å². The Bertz CT molecular complexity index is 455. The Labute approximate surface area is 138 Å². The molecule has 0 saturated carbocycles. The monoisotopic (exact) mass is 321 g/mol. The zero-order valence-electron chi connectivity index (χ0n) is 13.9. The van der Waals surface area contributed by atoms with Crippen molar-refractivity contribution >= 4 is 5.91 Å². The van der Waals surface area contributed by atoms with Crippen LogP contribution in [0.3, 0.4) is 0 Å². The summed E-state index contributed by atoms with van der Waals surface area (Å²) >= 11 is 0. The largest absolute Gasteiger partial charge is 0.494 e. The van der Waals surface area contributed by atoms with Crippen LogP contribution in [0.1, 0.15) is 39.0 Å². The van der Waals surface area contributed by atoms with Crippen molar-refractivity contribution in [3.63, 3.8) is 0 Å². The lowest BCUT2D eigenvalue weighted by atomic mass is 10.2. The highest BCUT2D eigenvalue weighted by Gasteiger charge is 2.16. The van der Waals surface area contributed by atoms with Crippen LogP contribution >= 0.6 is 0 Å². The molecule has 1 aromatic rings. The first-order valence-electron chi connectivity index (χ1n) is 8.52. The molecule has 0 radical (unpaired) electrons. The highest BCUT2D eigenvalue weighted by molar-refractivity contribution is 5.77. The second-order valence-corrected chi connectivity index (χ2v) is 5.75. The number of benzene rings is 1. The topological polar surface area (TPSA) is 56.8 Å². The van der Waals surface area contributed by atoms with Crippen molar-refractivity contribution in [1.29, 1.82) is 0 Å². The van der Waals surface area contributed by atoms with E-state index in [4.69, 9.17) is 14.2 Å². The molecule has 1 aliphatic rings. The summed E-state index contributed by atoms with van der Waals surface area (Å²) in [6.45, 7) is 4.28. The zero-order chi connectivity index (χ0) is 16.3. The predicted molar refractivity (Wildman–Crippen MR) is 88.9 cm³/mol. The average Bonchev–Trinajstić information content (AvgIpc) is 3.09. The number of ether oxygens (including phenoxy) is 3. The maximum Gasteiger partial charge on any atom is 0.258 e. The number of hydrogen-bond donors (Lipinski definition) is 1. The van der Waals surface area contributed by atoms with Gasteiger partial charge >= 0.3 is 0 Å². The number of nitrogens with one attached hydrogen (secondary N) is 1. The molecule has 1 N–H and O–H groups in total. The lowest BCUT2D eigenvalue weighted by molar-refractivity contribution is -0.123. The molecule has 0 bridgehead atoms. The molecule has 0 aromatic heterocycles. The molecule has 1 fully saturated rings. The summed E-state index contributed by atoms with van der Waals surface area (Å²) in [5.41, 5.74) is 0. The third-order valence-corrected chi connectivity index (χ3v) is 3.76. The highest BCUT2D eigenvalue weighted by atomic mass is 16.5. The summed E-state index contributed by atoms with van der Waals surface area (Å²) in [7, 11) is 0. The Balaban J connectivity index is 1.61. The van der Waals surface area contributed by atoms with Gasteiger partial charge < -0.3 is 19.5 Å². The highest BCUT2D eigenvalue weighted by Crippen LogP contribution is 2.18. The third-order valence-electron chi connectivity index (χ3n) is 3.76. The van der Waals surface area contributed by atoms with Gasteiger partial charge in [-0.15, -0.1) is 0 Å². The first-order valence-corrected chi connectivity index (χ1v) is 8.52. The number of unbranched alkanes of at least 4 members (excludes halogenated alkanes) is 2. The Morgan fingerprint density at radius 3 is 2.61 bits per heavy atom. The summed E-state index contributed by atoms with van der Waals surface area (Å²) in [5, 5.41) is 2.83. The van der Waals surface area contributed by atoms with E-state index in [0.717, 1.165) is 38.2 Å². The molecule has 5 nitrogen and oxygen atoms in total. The van der Waals surface area contributed by atoms with Crippen LogP contribution in [0.25, 0.3) is 0 Å². The molecule has 5 heteroatoms. The number of rotatable bonds is 10. The maximum atomic E-state index is 11.7. The summed E-state index contributed by atoms with van der Waals surface area (Å²) in [5.74, 6) is 1.37. The second kappa shape index (κ2) is 10.1. The molecule has 2 rings (SSSR count). The van der Waals surface area contributed by atoms with E-state index >= 15 is 0 Å². The van der Waals surface area contributed by atoms with Crippen LogP contribution in [0.2, 0.25) is 0 Å². The van der Waals surface area contributed by atoms with Gasteiger partial charge in [-0.25, -0.2) is 0 Å². The minimum absolute atomic E-state index is 0.0173. The van der Waals surface area contributed by atoms with Crippen LogP contribution in [-0.4, -0.2) is 38.4 Å². The first-order chi connectivity index (χ1) is 11.3. The number of carbonyl (C=O) groups is 1. The van der Waals surface area contributed by atoms with Gasteiger partial charge in [0.25, 0.3) is 5.91 Å². The van der Waals surface area contributed by atoms with Crippen molar-refractivity contribution in [2.24, 2.45) is 0 Å². The van der Waals surface area contributed by atoms with Crippen molar-refractivity contribution in [2.45, 2.75) is 45.1 Å². The zero-order valence-corrected chi connectivity index (χ0v) is 13.9. The standard InChI is InChI=1S/C18H27NO4/c1-2-3-4-11-21-15-7-9-16(10-8-15)23-14-18(20)19-13-17-6-5-12-22-17/h7-10,17H,2-6,11-14H2,1H3,(H,19,20). The molecule has 0 spiro atoms. The fraction of sp³-hybridized carbons (Fsp3) is 0.611. The van der Waals surface area contributed by atoms with Gasteiger partial charge in [0.05, 0.1) is 12.7 Å². The third kappa shape index (κ3) is 6.91. The van der Waals surface area contributed by atoms with E-state index in [0.29, 0.717) is 12.3 Å². The predicted octanol–water partition coefficient (Wildman–Crippen LogP) is 2.93. The van der Waals surface area contributed by atoms with Crippen LogP contribution < -0.4 is 14.8 Å². The molecule has 23 heavy (non-hydrogen) atoms. The second-order valence-electron chi connectivity index (χ2n) is 5.75. The quantitative estimate of drug-likeness (QED) is 0.673. The molecule has 1 aromatic carbocycles. The first kappa shape index (κ1) is 17.6. The molecule has 128 valence electrons. The van der Waals surface area contributed by atoms with Gasteiger partial charge in [-0.3, -0.25) is 4.79 Å². The van der Waals surface area contributed by atoms with Gasteiger partial charge in [-0.1, -0.05) is 19.8 Å². The van der Waals surface area contributed by atoms with E-state index in [1.807, 2.05) is 24.3 Å². The van der Waals surface area contributed by atoms with E-state index in [-0.39, 0.29) is 18.6 Å². The number of carbonyl (C=O) groups excluding carboxylic acids is 1. The number of hydrogen-bond acceptors (Lipinski definition) is 4. The molecule has 1 heterocycles. The van der Waals surface area contributed by atoms with Gasteiger partial charge in [0.2, 0.25) is 0 Å². The maximum absolute atomic E-state index is 11.7. The van der Waals surface area contributed by atoms with Crippen LogP contribution in [0.15, 0.2) is 24.3 Å². The molecule has 1 saturated heterocycles. The molecule has 1 aliphatic heterocycles. The summed E-state index contributed by atoms with van der Waals surface area (Å²) in [4.78, 5) is 11.7. The SMILES string of the molecule is CCCCCOc1ccc(OCC(=O)NCC2CCCO2)cc1. The van der Waals surface area contributed by atoms with Crippen LogP contribution in [0, 0.1) is 0 Å².